The number of aryl methyl sites for hydroxylation is 2. The number of oxime groups is 1. The van der Waals surface area contributed by atoms with E-state index in [0.29, 0.717) is 22.1 Å². The molecule has 1 aromatic heterocycles. The minimum absolute atomic E-state index is 0.0340. The molecule has 0 fully saturated rings. The molecular weight excluding hydrogens is 400 g/mol. The molecule has 2 aromatic carbocycles. The summed E-state index contributed by atoms with van der Waals surface area (Å²) in [6.45, 7) is 7.54. The Bertz CT molecular complexity index is 1090. The van der Waals surface area contributed by atoms with Crippen LogP contribution in [0.1, 0.15) is 42.4 Å². The molecule has 1 amide bonds. The lowest BCUT2D eigenvalue weighted by Crippen LogP contribution is -2.13. The van der Waals surface area contributed by atoms with Gasteiger partial charge in [-0.15, -0.1) is 0 Å². The predicted octanol–water partition coefficient (Wildman–Crippen LogP) is 5.45. The average Bonchev–Trinajstić information content (AvgIpc) is 2.98. The molecule has 0 unspecified atom stereocenters. The molecule has 0 atom stereocenters. The first kappa shape index (κ1) is 21.6. The van der Waals surface area contributed by atoms with E-state index in [1.165, 1.54) is 4.68 Å². The Balaban J connectivity index is 1.87. The van der Waals surface area contributed by atoms with Gasteiger partial charge in [-0.1, -0.05) is 59.2 Å². The molecule has 30 heavy (non-hydrogen) atoms. The van der Waals surface area contributed by atoms with Crippen molar-refractivity contribution in [3.8, 4) is 11.1 Å². The Morgan fingerprint density at radius 2 is 1.83 bits per heavy atom. The van der Waals surface area contributed by atoms with Crippen molar-refractivity contribution < 1.29 is 9.63 Å². The fourth-order valence-electron chi connectivity index (χ4n) is 3.04. The summed E-state index contributed by atoms with van der Waals surface area (Å²) in [6, 6.07) is 15.6. The van der Waals surface area contributed by atoms with Gasteiger partial charge >= 0.3 is 0 Å². The maximum atomic E-state index is 12.8. The number of hydrogen-bond donors (Lipinski definition) is 1. The van der Waals surface area contributed by atoms with E-state index in [-0.39, 0.29) is 12.0 Å². The smallest absolute Gasteiger partial charge is 0.260 e. The normalized spacial score (nSPS) is 11.6. The van der Waals surface area contributed by atoms with Gasteiger partial charge in [0.25, 0.3) is 5.91 Å². The molecule has 0 saturated carbocycles. The van der Waals surface area contributed by atoms with Crippen molar-refractivity contribution in [1.29, 1.82) is 0 Å². The lowest BCUT2D eigenvalue weighted by Gasteiger charge is -2.12. The third-order valence-electron chi connectivity index (χ3n) is 4.57. The fourth-order valence-corrected chi connectivity index (χ4v) is 3.31. The highest BCUT2D eigenvalue weighted by molar-refractivity contribution is 6.33. The van der Waals surface area contributed by atoms with Gasteiger partial charge in [0.15, 0.2) is 0 Å². The second kappa shape index (κ2) is 9.13. The average molecular weight is 425 g/mol. The molecule has 156 valence electrons. The maximum Gasteiger partial charge on any atom is 0.260 e. The van der Waals surface area contributed by atoms with Gasteiger partial charge in [0, 0.05) is 18.3 Å². The number of benzene rings is 2. The first-order chi connectivity index (χ1) is 14.3. The van der Waals surface area contributed by atoms with Gasteiger partial charge in [0.2, 0.25) is 0 Å². The summed E-state index contributed by atoms with van der Waals surface area (Å²) in [7, 11) is 1.71. The summed E-state index contributed by atoms with van der Waals surface area (Å²) >= 11 is 6.24. The van der Waals surface area contributed by atoms with Crippen LogP contribution in [0.3, 0.4) is 0 Å². The minimum Gasteiger partial charge on any atom is -0.393 e. The van der Waals surface area contributed by atoms with Gasteiger partial charge in [0.05, 0.1) is 17.0 Å². The zero-order valence-corrected chi connectivity index (χ0v) is 18.5. The van der Waals surface area contributed by atoms with Crippen molar-refractivity contribution in [2.75, 3.05) is 5.32 Å². The van der Waals surface area contributed by atoms with Crippen LogP contribution in [0, 0.1) is 6.92 Å². The summed E-state index contributed by atoms with van der Waals surface area (Å²) in [5, 5.41) is 11.6. The fraction of sp³-hybridized carbons (Fsp3) is 0.261. The Hall–Kier alpha value is -3.12. The number of carbonyl (C=O) groups excluding carboxylic acids is 1. The number of para-hydroxylation sites is 1. The molecule has 3 aromatic rings. The van der Waals surface area contributed by atoms with Crippen LogP contribution in [0.25, 0.3) is 11.1 Å². The Morgan fingerprint density at radius 1 is 1.17 bits per heavy atom. The van der Waals surface area contributed by atoms with Crippen molar-refractivity contribution in [3.63, 3.8) is 0 Å². The van der Waals surface area contributed by atoms with Crippen LogP contribution >= 0.6 is 11.6 Å². The van der Waals surface area contributed by atoms with Crippen LogP contribution < -0.4 is 5.32 Å². The number of nitrogens with zero attached hydrogens (tertiary/aromatic N) is 3. The number of amides is 1. The van der Waals surface area contributed by atoms with Gasteiger partial charge in [-0.2, -0.15) is 5.10 Å². The van der Waals surface area contributed by atoms with Gasteiger partial charge < -0.3 is 10.2 Å². The lowest BCUT2D eigenvalue weighted by molar-refractivity contribution is 0.0860. The van der Waals surface area contributed by atoms with E-state index >= 15 is 0 Å². The largest absolute Gasteiger partial charge is 0.393 e. The molecule has 0 spiro atoms. The van der Waals surface area contributed by atoms with Crippen molar-refractivity contribution in [2.45, 2.75) is 33.8 Å². The number of carbonyl (C=O) groups is 1. The van der Waals surface area contributed by atoms with Crippen molar-refractivity contribution in [3.05, 3.63) is 70.5 Å². The summed E-state index contributed by atoms with van der Waals surface area (Å²) in [4.78, 5) is 18.2. The quantitative estimate of drug-likeness (QED) is 0.422. The van der Waals surface area contributed by atoms with E-state index in [2.05, 4.69) is 15.6 Å². The number of hydrogen-bond acceptors (Lipinski definition) is 4. The van der Waals surface area contributed by atoms with Crippen molar-refractivity contribution >= 4 is 28.9 Å². The molecule has 7 heteroatoms. The molecule has 0 bridgehead atoms. The molecular formula is C23H25ClN4O2. The van der Waals surface area contributed by atoms with Crippen LogP contribution in [0.4, 0.5) is 5.69 Å². The first-order valence-electron chi connectivity index (χ1n) is 9.68. The monoisotopic (exact) mass is 424 g/mol. The maximum absolute atomic E-state index is 12.8. The number of aromatic nitrogens is 2. The third-order valence-corrected chi connectivity index (χ3v) is 5.00. The van der Waals surface area contributed by atoms with E-state index < -0.39 is 0 Å². The summed E-state index contributed by atoms with van der Waals surface area (Å²) < 4.78 is 1.49. The zero-order valence-electron chi connectivity index (χ0n) is 17.7. The van der Waals surface area contributed by atoms with E-state index in [1.54, 1.807) is 14.0 Å². The van der Waals surface area contributed by atoms with E-state index in [9.17, 15) is 4.79 Å². The summed E-state index contributed by atoms with van der Waals surface area (Å²) in [5.41, 5.74) is 5.31. The number of anilines is 1. The number of halogens is 1. The Kier molecular flexibility index (Phi) is 6.57. The van der Waals surface area contributed by atoms with Crippen LogP contribution in [0.15, 0.2) is 53.7 Å². The Labute approximate surface area is 181 Å². The molecule has 1 heterocycles. The second-order valence-electron chi connectivity index (χ2n) is 7.28. The lowest BCUT2D eigenvalue weighted by atomic mass is 10.0. The van der Waals surface area contributed by atoms with Gasteiger partial charge in [-0.3, -0.25) is 9.48 Å². The topological polar surface area (TPSA) is 68.5 Å². The van der Waals surface area contributed by atoms with E-state index in [0.717, 1.165) is 22.4 Å². The highest BCUT2D eigenvalue weighted by Gasteiger charge is 2.20. The van der Waals surface area contributed by atoms with Crippen LogP contribution in [-0.4, -0.2) is 27.5 Å². The second-order valence-corrected chi connectivity index (χ2v) is 7.64. The van der Waals surface area contributed by atoms with Gasteiger partial charge in [0.1, 0.15) is 11.3 Å². The number of nitrogens with one attached hydrogen (secondary N) is 1. The molecule has 0 aliphatic rings. The van der Waals surface area contributed by atoms with Crippen molar-refractivity contribution in [2.24, 2.45) is 12.2 Å². The standard InChI is InChI=1S/C23H25ClN4O2/c1-14(2)30-27-15(3)17-10-12-18(13-11-17)19-8-6-7-9-20(19)25-23(29)21-16(4)26-28(5)22(21)24/h6-14H,1-5H3,(H,25,29). The SMILES string of the molecule is CC(=NOC(C)C)c1ccc(-c2ccccc2NC(=O)c2c(C)nn(C)c2Cl)cc1. The van der Waals surface area contributed by atoms with E-state index in [1.807, 2.05) is 69.3 Å². The highest BCUT2D eigenvalue weighted by atomic mass is 35.5. The molecule has 1 N–H and O–H groups in total. The van der Waals surface area contributed by atoms with Crippen LogP contribution in [0.5, 0.6) is 0 Å². The predicted molar refractivity (Wildman–Crippen MR) is 121 cm³/mol. The van der Waals surface area contributed by atoms with Gasteiger partial charge in [-0.25, -0.2) is 0 Å². The minimum atomic E-state index is -0.288. The summed E-state index contributed by atoms with van der Waals surface area (Å²) in [6.07, 6.45) is 0.0340. The third kappa shape index (κ3) is 4.71. The van der Waals surface area contributed by atoms with Crippen LogP contribution in [0.2, 0.25) is 5.15 Å². The molecule has 6 nitrogen and oxygen atoms in total. The molecule has 0 aliphatic carbocycles. The van der Waals surface area contributed by atoms with Crippen molar-refractivity contribution in [1.82, 2.24) is 9.78 Å². The molecule has 3 rings (SSSR count). The van der Waals surface area contributed by atoms with Crippen LogP contribution in [-0.2, 0) is 11.9 Å². The summed E-state index contributed by atoms with van der Waals surface area (Å²) in [5.74, 6) is -0.288. The zero-order chi connectivity index (χ0) is 21.8. The molecule has 0 aliphatic heterocycles. The number of rotatable bonds is 6. The van der Waals surface area contributed by atoms with Gasteiger partial charge in [-0.05, 0) is 44.9 Å². The first-order valence-corrected chi connectivity index (χ1v) is 10.1. The molecule has 0 radical (unpaired) electrons. The highest BCUT2D eigenvalue weighted by Crippen LogP contribution is 2.29. The Morgan fingerprint density at radius 3 is 2.43 bits per heavy atom. The molecule has 0 saturated heterocycles. The van der Waals surface area contributed by atoms with E-state index in [4.69, 9.17) is 16.4 Å².